The average molecular weight is 258 g/mol. The van der Waals surface area contributed by atoms with Gasteiger partial charge in [0.25, 0.3) is 5.78 Å². The van der Waals surface area contributed by atoms with Gasteiger partial charge in [-0.2, -0.15) is 0 Å². The number of ether oxygens (including phenoxy) is 2. The fourth-order valence-corrected chi connectivity index (χ4v) is 2.48. The third-order valence-corrected chi connectivity index (χ3v) is 3.26. The van der Waals surface area contributed by atoms with Crippen LogP contribution in [0.4, 0.5) is 0 Å². The molecule has 0 bridgehead atoms. The van der Waals surface area contributed by atoms with Crippen LogP contribution in [0.3, 0.4) is 0 Å². The monoisotopic (exact) mass is 258 g/mol. The molecule has 1 aromatic rings. The fraction of sp³-hybridized carbons (Fsp3) is 0.214. The third kappa shape index (κ3) is 1.32. The number of Topliss-reactive ketones (excluding diaryl/α,β-unsaturated/α-hetero) is 2. The number of fused-ring (bicyclic) bond motifs is 2. The lowest BCUT2D eigenvalue weighted by Crippen LogP contribution is -2.35. The molecule has 2 heterocycles. The number of allylic oxidation sites excluding steroid dienone is 1. The van der Waals surface area contributed by atoms with Crippen LogP contribution in [0.1, 0.15) is 29.8 Å². The Kier molecular flexibility index (Phi) is 2.17. The van der Waals surface area contributed by atoms with Gasteiger partial charge < -0.3 is 9.47 Å². The molecule has 5 heteroatoms. The molecule has 1 unspecified atom stereocenters. The highest BCUT2D eigenvalue weighted by Crippen LogP contribution is 2.45. The molecule has 1 atom stereocenters. The molecule has 0 aliphatic carbocycles. The number of ketones is 2. The maximum Gasteiger partial charge on any atom is 0.347 e. The van der Waals surface area contributed by atoms with E-state index in [-0.39, 0.29) is 16.9 Å². The average Bonchev–Trinajstić information content (AvgIpc) is 2.77. The van der Waals surface area contributed by atoms with Gasteiger partial charge in [-0.15, -0.1) is 0 Å². The van der Waals surface area contributed by atoms with Crippen molar-refractivity contribution in [1.29, 1.82) is 0 Å². The minimum atomic E-state index is -1.81. The van der Waals surface area contributed by atoms with E-state index < -0.39 is 23.3 Å². The molecule has 1 spiro atoms. The second kappa shape index (κ2) is 3.54. The molecule has 0 radical (unpaired) electrons. The first-order valence-electron chi connectivity index (χ1n) is 5.76. The van der Waals surface area contributed by atoms with Crippen molar-refractivity contribution in [3.05, 3.63) is 46.7 Å². The SMILES string of the molecule is CC(=O)C1=C(C)OC2(OC(=O)c3ccccc32)C1=O. The minimum absolute atomic E-state index is 0.0514. The lowest BCUT2D eigenvalue weighted by atomic mass is 9.95. The number of rotatable bonds is 1. The van der Waals surface area contributed by atoms with Crippen LogP contribution in [0.2, 0.25) is 0 Å². The van der Waals surface area contributed by atoms with Crippen LogP contribution in [-0.4, -0.2) is 17.5 Å². The molecule has 0 amide bonds. The third-order valence-electron chi connectivity index (χ3n) is 3.26. The van der Waals surface area contributed by atoms with Gasteiger partial charge in [-0.25, -0.2) is 4.79 Å². The molecular weight excluding hydrogens is 248 g/mol. The van der Waals surface area contributed by atoms with E-state index in [9.17, 15) is 14.4 Å². The predicted molar refractivity (Wildman–Crippen MR) is 63.0 cm³/mol. The van der Waals surface area contributed by atoms with E-state index in [0.717, 1.165) is 0 Å². The number of esters is 1. The molecule has 0 aromatic heterocycles. The minimum Gasteiger partial charge on any atom is -0.446 e. The van der Waals surface area contributed by atoms with Crippen molar-refractivity contribution < 1.29 is 23.9 Å². The van der Waals surface area contributed by atoms with Crippen LogP contribution in [0.15, 0.2) is 35.6 Å². The molecule has 3 rings (SSSR count). The summed E-state index contributed by atoms with van der Waals surface area (Å²) in [7, 11) is 0. The van der Waals surface area contributed by atoms with Gasteiger partial charge in [-0.05, 0) is 26.0 Å². The Morgan fingerprint density at radius 3 is 2.47 bits per heavy atom. The Hall–Kier alpha value is -2.43. The maximum absolute atomic E-state index is 12.4. The van der Waals surface area contributed by atoms with Crippen molar-refractivity contribution in [2.24, 2.45) is 0 Å². The predicted octanol–water partition coefficient (Wildman–Crippen LogP) is 1.47. The van der Waals surface area contributed by atoms with E-state index >= 15 is 0 Å². The Labute approximate surface area is 108 Å². The van der Waals surface area contributed by atoms with E-state index in [1.54, 1.807) is 24.3 Å². The van der Waals surface area contributed by atoms with Gasteiger partial charge in [-0.3, -0.25) is 9.59 Å². The van der Waals surface area contributed by atoms with Crippen LogP contribution in [0, 0.1) is 0 Å². The molecule has 5 nitrogen and oxygen atoms in total. The molecule has 0 saturated carbocycles. The molecule has 1 aromatic carbocycles. The van der Waals surface area contributed by atoms with Gasteiger partial charge in [0, 0.05) is 0 Å². The summed E-state index contributed by atoms with van der Waals surface area (Å²) in [5.41, 5.74) is 0.582. The van der Waals surface area contributed by atoms with Crippen LogP contribution in [0.5, 0.6) is 0 Å². The number of benzene rings is 1. The first-order valence-corrected chi connectivity index (χ1v) is 5.76. The van der Waals surface area contributed by atoms with Crippen molar-refractivity contribution in [3.8, 4) is 0 Å². The maximum atomic E-state index is 12.4. The molecule has 0 saturated heterocycles. The number of carbonyl (C=O) groups excluding carboxylic acids is 3. The van der Waals surface area contributed by atoms with Crippen molar-refractivity contribution in [3.63, 3.8) is 0 Å². The van der Waals surface area contributed by atoms with Crippen LogP contribution in [0.25, 0.3) is 0 Å². The molecule has 96 valence electrons. The van der Waals surface area contributed by atoms with E-state index in [1.165, 1.54) is 13.8 Å². The number of carbonyl (C=O) groups is 3. The summed E-state index contributed by atoms with van der Waals surface area (Å²) in [6.45, 7) is 2.79. The number of hydrogen-bond donors (Lipinski definition) is 0. The summed E-state index contributed by atoms with van der Waals surface area (Å²) in [5.74, 6) is -3.27. The van der Waals surface area contributed by atoms with Crippen molar-refractivity contribution >= 4 is 17.5 Å². The second-order valence-electron chi connectivity index (χ2n) is 4.47. The summed E-state index contributed by atoms with van der Waals surface area (Å²) in [6.07, 6.45) is 0. The van der Waals surface area contributed by atoms with Gasteiger partial charge in [-0.1, -0.05) is 12.1 Å². The van der Waals surface area contributed by atoms with Gasteiger partial charge >= 0.3 is 11.8 Å². The zero-order chi connectivity index (χ0) is 13.8. The van der Waals surface area contributed by atoms with Crippen LogP contribution >= 0.6 is 0 Å². The Morgan fingerprint density at radius 2 is 1.84 bits per heavy atom. The topological polar surface area (TPSA) is 69.7 Å². The summed E-state index contributed by atoms with van der Waals surface area (Å²) in [4.78, 5) is 35.7. The number of hydrogen-bond acceptors (Lipinski definition) is 5. The molecule has 0 N–H and O–H groups in total. The zero-order valence-corrected chi connectivity index (χ0v) is 10.4. The van der Waals surface area contributed by atoms with Crippen molar-refractivity contribution in [1.82, 2.24) is 0 Å². The largest absolute Gasteiger partial charge is 0.446 e. The van der Waals surface area contributed by atoms with E-state index in [2.05, 4.69) is 0 Å². The highest BCUT2D eigenvalue weighted by atomic mass is 16.7. The van der Waals surface area contributed by atoms with Crippen LogP contribution < -0.4 is 0 Å². The molecule has 2 aliphatic heterocycles. The molecule has 0 fully saturated rings. The first kappa shape index (κ1) is 11.6. The summed E-state index contributed by atoms with van der Waals surface area (Å²) >= 11 is 0. The summed E-state index contributed by atoms with van der Waals surface area (Å²) < 4.78 is 10.6. The Bertz CT molecular complexity index is 670. The Balaban J connectivity index is 2.18. The van der Waals surface area contributed by atoms with Crippen molar-refractivity contribution in [2.45, 2.75) is 19.6 Å². The quantitative estimate of drug-likeness (QED) is 0.563. The second-order valence-corrected chi connectivity index (χ2v) is 4.47. The summed E-state index contributed by atoms with van der Waals surface area (Å²) in [5, 5.41) is 0. The highest BCUT2D eigenvalue weighted by molar-refractivity contribution is 6.25. The normalized spacial score (nSPS) is 24.5. The van der Waals surface area contributed by atoms with E-state index in [4.69, 9.17) is 9.47 Å². The Morgan fingerprint density at radius 1 is 1.16 bits per heavy atom. The fourth-order valence-electron chi connectivity index (χ4n) is 2.48. The summed E-state index contributed by atoms with van der Waals surface area (Å²) in [6, 6.07) is 6.50. The van der Waals surface area contributed by atoms with E-state index in [0.29, 0.717) is 5.56 Å². The first-order chi connectivity index (χ1) is 8.97. The smallest absolute Gasteiger partial charge is 0.347 e. The molecule has 19 heavy (non-hydrogen) atoms. The lowest BCUT2D eigenvalue weighted by molar-refractivity contribution is -0.178. The highest BCUT2D eigenvalue weighted by Gasteiger charge is 2.59. The molecular formula is C14H10O5. The van der Waals surface area contributed by atoms with Gasteiger partial charge in [0.2, 0.25) is 0 Å². The zero-order valence-electron chi connectivity index (χ0n) is 10.4. The van der Waals surface area contributed by atoms with E-state index in [1.807, 2.05) is 0 Å². The molecule has 2 aliphatic rings. The standard InChI is InChI=1S/C14H10O5/c1-7(15)11-8(2)18-14(12(11)16)10-6-4-3-5-9(10)13(17)19-14/h3-6H,1-2H3. The lowest BCUT2D eigenvalue weighted by Gasteiger charge is -2.21. The van der Waals surface area contributed by atoms with Gasteiger partial charge in [0.15, 0.2) is 5.78 Å². The van der Waals surface area contributed by atoms with Gasteiger partial charge in [0.1, 0.15) is 11.3 Å². The van der Waals surface area contributed by atoms with Crippen molar-refractivity contribution in [2.75, 3.05) is 0 Å². The van der Waals surface area contributed by atoms with Gasteiger partial charge in [0.05, 0.1) is 11.1 Å². The van der Waals surface area contributed by atoms with Crippen LogP contribution in [-0.2, 0) is 24.8 Å².